The van der Waals surface area contributed by atoms with E-state index in [4.69, 9.17) is 0 Å². The zero-order valence-corrected chi connectivity index (χ0v) is 13.6. The number of halogens is 1. The molecule has 0 fully saturated rings. The summed E-state index contributed by atoms with van der Waals surface area (Å²) in [5.74, 6) is 0.00869. The quantitative estimate of drug-likeness (QED) is 0.448. The summed E-state index contributed by atoms with van der Waals surface area (Å²) in [4.78, 5) is 12.1. The first-order valence-electron chi connectivity index (χ1n) is 6.81. The van der Waals surface area contributed by atoms with Gasteiger partial charge in [0.15, 0.2) is 0 Å². The minimum absolute atomic E-state index is 0. The highest BCUT2D eigenvalue weighted by molar-refractivity contribution is 5.91. The van der Waals surface area contributed by atoms with Gasteiger partial charge in [0.2, 0.25) is 0 Å². The lowest BCUT2D eigenvalue weighted by molar-refractivity contribution is -0.937. The molecule has 0 aromatic heterocycles. The zero-order chi connectivity index (χ0) is 14.3. The number of unbranched alkanes of at least 4 members (excludes halogenated alkanes) is 1. The molecule has 1 aromatic carbocycles. The Kier molecular flexibility index (Phi) is 8.19. The van der Waals surface area contributed by atoms with E-state index in [9.17, 15) is 4.79 Å². The fourth-order valence-electron chi connectivity index (χ4n) is 1.90. The number of carbonyl (C=O) groups is 1. The van der Waals surface area contributed by atoms with Crippen LogP contribution in [-0.2, 0) is 11.3 Å². The molecule has 0 radical (unpaired) electrons. The number of nitrogens with one attached hydrogen (secondary N) is 1. The molecule has 112 valence electrons. The van der Waals surface area contributed by atoms with Gasteiger partial charge in [0.1, 0.15) is 6.54 Å². The molecule has 1 amide bonds. The Hall–Kier alpha value is -1.32. The number of nitrogens with zero attached hydrogens (tertiary/aromatic N) is 1. The number of rotatable bonds is 6. The van der Waals surface area contributed by atoms with Crippen molar-refractivity contribution in [3.8, 4) is 0 Å². The second-order valence-corrected chi connectivity index (χ2v) is 5.45. The second kappa shape index (κ2) is 8.77. The third-order valence-corrected chi connectivity index (χ3v) is 2.92. The van der Waals surface area contributed by atoms with Gasteiger partial charge >= 0.3 is 0 Å². The van der Waals surface area contributed by atoms with Crippen molar-refractivity contribution < 1.29 is 21.8 Å². The lowest BCUT2D eigenvalue weighted by Gasteiger charge is -2.29. The van der Waals surface area contributed by atoms with Crippen LogP contribution in [0.4, 0.5) is 0 Å². The first-order chi connectivity index (χ1) is 8.94. The Labute approximate surface area is 128 Å². The van der Waals surface area contributed by atoms with Gasteiger partial charge in [-0.05, 0) is 13.3 Å². The standard InChI is InChI=1S/C16H24N2O.ClH/c1-5-6-10-14(2)16(19)17-18(3,4)13-15-11-8-7-9-12-15;/h7-12H,5-6,13H2,1-4H3;1H. The van der Waals surface area contributed by atoms with Crippen molar-refractivity contribution in [1.29, 1.82) is 0 Å². The van der Waals surface area contributed by atoms with E-state index in [0.29, 0.717) is 4.59 Å². The van der Waals surface area contributed by atoms with E-state index in [1.807, 2.05) is 45.3 Å². The maximum absolute atomic E-state index is 12.1. The zero-order valence-electron chi connectivity index (χ0n) is 12.8. The van der Waals surface area contributed by atoms with E-state index in [1.54, 1.807) is 0 Å². The average molecular weight is 297 g/mol. The Balaban J connectivity index is 0.00000361. The third kappa shape index (κ3) is 6.73. The van der Waals surface area contributed by atoms with Crippen molar-refractivity contribution in [2.45, 2.75) is 33.2 Å². The molecule has 0 unspecified atom stereocenters. The molecule has 0 atom stereocenters. The molecule has 0 aliphatic carbocycles. The van der Waals surface area contributed by atoms with Crippen molar-refractivity contribution >= 4 is 5.91 Å². The van der Waals surface area contributed by atoms with E-state index in [-0.39, 0.29) is 18.3 Å². The van der Waals surface area contributed by atoms with Gasteiger partial charge in [-0.15, -0.1) is 0 Å². The van der Waals surface area contributed by atoms with Crippen molar-refractivity contribution in [1.82, 2.24) is 5.43 Å². The summed E-state index contributed by atoms with van der Waals surface area (Å²) in [7, 11) is 4.00. The van der Waals surface area contributed by atoms with Gasteiger partial charge in [-0.2, -0.15) is 5.43 Å². The number of hydrogen-bond acceptors (Lipinski definition) is 1. The predicted octanol–water partition coefficient (Wildman–Crippen LogP) is 0.0446. The minimum atomic E-state index is 0. The maximum Gasteiger partial charge on any atom is 0.291 e. The Morgan fingerprint density at radius 3 is 2.40 bits per heavy atom. The van der Waals surface area contributed by atoms with Crippen LogP contribution in [0, 0.1) is 0 Å². The summed E-state index contributed by atoms with van der Waals surface area (Å²) in [6.45, 7) is 4.75. The summed E-state index contributed by atoms with van der Waals surface area (Å²) in [6, 6.07) is 10.2. The van der Waals surface area contributed by atoms with Gasteiger partial charge in [0, 0.05) is 11.1 Å². The molecule has 1 N–H and O–H groups in total. The van der Waals surface area contributed by atoms with E-state index in [1.165, 1.54) is 5.56 Å². The average Bonchev–Trinajstić information content (AvgIpc) is 2.35. The summed E-state index contributed by atoms with van der Waals surface area (Å²) in [5, 5.41) is 0. The Bertz CT molecular complexity index is 441. The van der Waals surface area contributed by atoms with Crippen LogP contribution in [0.5, 0.6) is 0 Å². The molecule has 3 nitrogen and oxygen atoms in total. The van der Waals surface area contributed by atoms with Crippen molar-refractivity contribution in [3.63, 3.8) is 0 Å². The number of quaternary nitrogens is 1. The third-order valence-electron chi connectivity index (χ3n) is 2.92. The molecular weight excluding hydrogens is 272 g/mol. The summed E-state index contributed by atoms with van der Waals surface area (Å²) < 4.78 is 0.445. The van der Waals surface area contributed by atoms with E-state index < -0.39 is 0 Å². The normalized spacial score (nSPS) is 11.7. The lowest BCUT2D eigenvalue weighted by Crippen LogP contribution is -3.00. The van der Waals surface area contributed by atoms with Crippen LogP contribution < -0.4 is 17.8 Å². The van der Waals surface area contributed by atoms with Gasteiger partial charge in [-0.1, -0.05) is 49.8 Å². The minimum Gasteiger partial charge on any atom is -1.00 e. The van der Waals surface area contributed by atoms with Crippen molar-refractivity contribution in [2.24, 2.45) is 0 Å². The molecule has 0 aliphatic heterocycles. The van der Waals surface area contributed by atoms with Gasteiger partial charge in [0.25, 0.3) is 5.91 Å². The summed E-state index contributed by atoms with van der Waals surface area (Å²) in [6.07, 6.45) is 4.01. The van der Waals surface area contributed by atoms with Crippen LogP contribution in [0.1, 0.15) is 32.3 Å². The number of hydrogen-bond donors (Lipinski definition) is 1. The maximum atomic E-state index is 12.1. The van der Waals surface area contributed by atoms with Gasteiger partial charge < -0.3 is 12.4 Å². The van der Waals surface area contributed by atoms with Gasteiger partial charge in [-0.25, -0.2) is 4.59 Å². The van der Waals surface area contributed by atoms with Crippen LogP contribution >= 0.6 is 0 Å². The number of amides is 1. The molecule has 0 saturated heterocycles. The number of allylic oxidation sites excluding steroid dienone is 1. The Morgan fingerprint density at radius 1 is 1.25 bits per heavy atom. The van der Waals surface area contributed by atoms with Crippen LogP contribution in [0.2, 0.25) is 0 Å². The highest BCUT2D eigenvalue weighted by atomic mass is 35.5. The molecule has 1 rings (SSSR count). The SMILES string of the molecule is CCCC=C(C)C(=O)N[N+](C)(C)Cc1ccccc1.[Cl-]. The molecule has 0 bridgehead atoms. The first-order valence-corrected chi connectivity index (χ1v) is 6.81. The fraction of sp³-hybridized carbons (Fsp3) is 0.438. The molecule has 0 spiro atoms. The molecule has 1 aromatic rings. The molecule has 0 heterocycles. The van der Waals surface area contributed by atoms with Crippen molar-refractivity contribution in [3.05, 3.63) is 47.5 Å². The predicted molar refractivity (Wildman–Crippen MR) is 79.1 cm³/mol. The molecule has 0 saturated carbocycles. The molecule has 0 aliphatic rings. The Morgan fingerprint density at radius 2 is 1.85 bits per heavy atom. The number of carbonyl (C=O) groups excluding carboxylic acids is 1. The van der Waals surface area contributed by atoms with E-state index in [2.05, 4.69) is 24.5 Å². The fourth-order valence-corrected chi connectivity index (χ4v) is 1.90. The largest absolute Gasteiger partial charge is 1.00 e. The summed E-state index contributed by atoms with van der Waals surface area (Å²) in [5.41, 5.74) is 5.05. The van der Waals surface area contributed by atoms with E-state index in [0.717, 1.165) is 25.0 Å². The topological polar surface area (TPSA) is 29.1 Å². The smallest absolute Gasteiger partial charge is 0.291 e. The monoisotopic (exact) mass is 296 g/mol. The van der Waals surface area contributed by atoms with Crippen LogP contribution in [-0.4, -0.2) is 24.6 Å². The summed E-state index contributed by atoms with van der Waals surface area (Å²) >= 11 is 0. The molecule has 4 heteroatoms. The van der Waals surface area contributed by atoms with Gasteiger partial charge in [0.05, 0.1) is 14.1 Å². The number of benzene rings is 1. The van der Waals surface area contributed by atoms with Gasteiger partial charge in [-0.3, -0.25) is 4.79 Å². The van der Waals surface area contributed by atoms with Crippen LogP contribution in [0.3, 0.4) is 0 Å². The van der Waals surface area contributed by atoms with Crippen LogP contribution in [0.25, 0.3) is 0 Å². The highest BCUT2D eigenvalue weighted by Gasteiger charge is 2.20. The highest BCUT2D eigenvalue weighted by Crippen LogP contribution is 2.07. The first kappa shape index (κ1) is 18.7. The van der Waals surface area contributed by atoms with E-state index >= 15 is 0 Å². The second-order valence-electron chi connectivity index (χ2n) is 5.45. The van der Waals surface area contributed by atoms with Crippen molar-refractivity contribution in [2.75, 3.05) is 14.1 Å². The van der Waals surface area contributed by atoms with Crippen LogP contribution in [0.15, 0.2) is 42.0 Å². The lowest BCUT2D eigenvalue weighted by atomic mass is 10.2. The molecule has 20 heavy (non-hydrogen) atoms. The molecular formula is C16H25ClN2O.